The largest absolute Gasteiger partial charge is 0.314 e. The highest BCUT2D eigenvalue weighted by Gasteiger charge is 2.44. The van der Waals surface area contributed by atoms with Crippen molar-refractivity contribution in [2.45, 2.75) is 38.0 Å². The van der Waals surface area contributed by atoms with Crippen LogP contribution in [0, 0.1) is 11.3 Å². The number of nitriles is 1. The third-order valence-corrected chi connectivity index (χ3v) is 3.85. The zero-order valence-corrected chi connectivity index (χ0v) is 10.9. The molecule has 0 radical (unpaired) electrons. The summed E-state index contributed by atoms with van der Waals surface area (Å²) in [6, 6.07) is 10.1. The van der Waals surface area contributed by atoms with Gasteiger partial charge < -0.3 is 4.90 Å². The van der Waals surface area contributed by atoms with Crippen LogP contribution in [0.3, 0.4) is 0 Å². The van der Waals surface area contributed by atoms with Gasteiger partial charge in [0.15, 0.2) is 0 Å². The molecule has 0 N–H and O–H groups in total. The van der Waals surface area contributed by atoms with Gasteiger partial charge in [-0.15, -0.1) is 0 Å². The van der Waals surface area contributed by atoms with E-state index in [1.807, 2.05) is 38.2 Å². The number of benzene rings is 1. The molecule has 0 spiro atoms. The van der Waals surface area contributed by atoms with Crippen LogP contribution in [0.15, 0.2) is 24.3 Å². The maximum Gasteiger partial charge on any atom is 0.237 e. The maximum atomic E-state index is 12.4. The molecule has 1 aromatic carbocycles. The second-order valence-electron chi connectivity index (χ2n) is 5.08. The van der Waals surface area contributed by atoms with E-state index in [0.717, 1.165) is 30.5 Å². The molecule has 1 aliphatic rings. The zero-order valence-electron chi connectivity index (χ0n) is 10.9. The van der Waals surface area contributed by atoms with E-state index in [4.69, 9.17) is 5.26 Å². The lowest BCUT2D eigenvalue weighted by molar-refractivity contribution is -0.122. The van der Waals surface area contributed by atoms with Gasteiger partial charge in [0.05, 0.1) is 11.5 Å². The highest BCUT2D eigenvalue weighted by Crippen LogP contribution is 2.43. The van der Waals surface area contributed by atoms with Gasteiger partial charge in [-0.2, -0.15) is 5.26 Å². The predicted molar refractivity (Wildman–Crippen MR) is 71.3 cm³/mol. The van der Waals surface area contributed by atoms with Gasteiger partial charge >= 0.3 is 0 Å². The van der Waals surface area contributed by atoms with E-state index in [-0.39, 0.29) is 5.91 Å². The number of carbonyl (C=O) groups is 1. The molecule has 0 fully saturated rings. The Morgan fingerprint density at radius 1 is 1.33 bits per heavy atom. The number of amides is 1. The molecule has 0 saturated carbocycles. The van der Waals surface area contributed by atoms with Crippen LogP contribution >= 0.6 is 0 Å². The van der Waals surface area contributed by atoms with Crippen molar-refractivity contribution in [3.8, 4) is 6.07 Å². The Balaban J connectivity index is 2.22. The van der Waals surface area contributed by atoms with Crippen molar-refractivity contribution in [1.82, 2.24) is 0 Å². The number of unbranched alkanes of at least 4 members (excludes halogenated alkanes) is 2. The minimum absolute atomic E-state index is 0.167. The molecule has 1 atom stereocenters. The molecule has 0 saturated heterocycles. The van der Waals surface area contributed by atoms with Crippen LogP contribution in [0.2, 0.25) is 0 Å². The molecular formula is C15H18N2O. The fourth-order valence-corrected chi connectivity index (χ4v) is 2.75. The fraction of sp³-hybridized carbons (Fsp3) is 0.467. The van der Waals surface area contributed by atoms with E-state index < -0.39 is 5.41 Å². The Morgan fingerprint density at radius 2 is 2.06 bits per heavy atom. The Hall–Kier alpha value is -1.82. The Kier molecular flexibility index (Phi) is 3.38. The van der Waals surface area contributed by atoms with Gasteiger partial charge in [0.2, 0.25) is 5.91 Å². The van der Waals surface area contributed by atoms with E-state index in [0.29, 0.717) is 6.42 Å². The normalized spacial score (nSPS) is 21.8. The zero-order chi connectivity index (χ0) is 13.2. The molecule has 1 aromatic rings. The van der Waals surface area contributed by atoms with Crippen LogP contribution in [0.25, 0.3) is 0 Å². The number of hydrogen-bond donors (Lipinski definition) is 0. The summed E-state index contributed by atoms with van der Waals surface area (Å²) in [4.78, 5) is 14.2. The van der Waals surface area contributed by atoms with Crippen molar-refractivity contribution >= 4 is 11.6 Å². The lowest BCUT2D eigenvalue weighted by Crippen LogP contribution is -2.36. The van der Waals surface area contributed by atoms with Crippen molar-refractivity contribution < 1.29 is 4.79 Å². The van der Waals surface area contributed by atoms with Crippen molar-refractivity contribution in [2.75, 3.05) is 11.9 Å². The standard InChI is InChI=1S/C15H18N2O/c1-15(10-6-3-7-11-16)12-8-4-5-9-13(12)17(2)14(15)18/h4-5,8-9H,3,6-7,10H2,1-2H3. The van der Waals surface area contributed by atoms with Crippen LogP contribution in [0.5, 0.6) is 0 Å². The molecule has 94 valence electrons. The van der Waals surface area contributed by atoms with Gasteiger partial charge in [-0.05, 0) is 31.4 Å². The molecule has 0 aliphatic carbocycles. The first-order valence-electron chi connectivity index (χ1n) is 6.36. The van der Waals surface area contributed by atoms with Gasteiger partial charge in [-0.1, -0.05) is 24.6 Å². The van der Waals surface area contributed by atoms with Crippen LogP contribution in [0.4, 0.5) is 5.69 Å². The molecule has 3 heteroatoms. The molecule has 1 heterocycles. The molecular weight excluding hydrogens is 224 g/mol. The summed E-state index contributed by atoms with van der Waals surface area (Å²) in [6.45, 7) is 2.02. The minimum Gasteiger partial charge on any atom is -0.314 e. The fourth-order valence-electron chi connectivity index (χ4n) is 2.75. The van der Waals surface area contributed by atoms with E-state index in [2.05, 4.69) is 6.07 Å². The van der Waals surface area contributed by atoms with Gasteiger partial charge in [0, 0.05) is 19.2 Å². The smallest absolute Gasteiger partial charge is 0.237 e. The molecule has 0 aromatic heterocycles. The lowest BCUT2D eigenvalue weighted by atomic mass is 9.79. The van der Waals surface area contributed by atoms with Gasteiger partial charge in [0.25, 0.3) is 0 Å². The molecule has 0 bridgehead atoms. The quantitative estimate of drug-likeness (QED) is 0.762. The van der Waals surface area contributed by atoms with Crippen molar-refractivity contribution in [3.63, 3.8) is 0 Å². The second-order valence-corrected chi connectivity index (χ2v) is 5.08. The lowest BCUT2D eigenvalue weighted by Gasteiger charge is -2.23. The molecule has 1 aliphatic heterocycles. The third-order valence-electron chi connectivity index (χ3n) is 3.85. The highest BCUT2D eigenvalue weighted by atomic mass is 16.2. The second kappa shape index (κ2) is 4.81. The van der Waals surface area contributed by atoms with Crippen LogP contribution < -0.4 is 4.90 Å². The number of fused-ring (bicyclic) bond motifs is 1. The summed E-state index contributed by atoms with van der Waals surface area (Å²) < 4.78 is 0. The van der Waals surface area contributed by atoms with Gasteiger partial charge in [0.1, 0.15) is 0 Å². The van der Waals surface area contributed by atoms with Crippen molar-refractivity contribution in [1.29, 1.82) is 5.26 Å². The summed E-state index contributed by atoms with van der Waals surface area (Å²) in [7, 11) is 1.84. The molecule has 1 amide bonds. The summed E-state index contributed by atoms with van der Waals surface area (Å²) in [5, 5.41) is 8.55. The monoisotopic (exact) mass is 242 g/mol. The summed E-state index contributed by atoms with van der Waals surface area (Å²) in [5.41, 5.74) is 1.72. The number of rotatable bonds is 4. The first-order valence-corrected chi connectivity index (χ1v) is 6.36. The first-order chi connectivity index (χ1) is 8.61. The average molecular weight is 242 g/mol. The number of likely N-dealkylation sites (N-methyl/N-ethyl adjacent to an activating group) is 1. The number of para-hydroxylation sites is 1. The molecule has 18 heavy (non-hydrogen) atoms. The van der Waals surface area contributed by atoms with E-state index >= 15 is 0 Å². The SMILES string of the molecule is CN1C(=O)C(C)(CCCCC#N)c2ccccc21. The summed E-state index contributed by atoms with van der Waals surface area (Å²) >= 11 is 0. The minimum atomic E-state index is -0.416. The van der Waals surface area contributed by atoms with E-state index in [1.165, 1.54) is 0 Å². The Morgan fingerprint density at radius 3 is 2.78 bits per heavy atom. The molecule has 1 unspecified atom stereocenters. The topological polar surface area (TPSA) is 44.1 Å². The highest BCUT2D eigenvalue weighted by molar-refractivity contribution is 6.07. The Labute approximate surface area is 108 Å². The average Bonchev–Trinajstić information content (AvgIpc) is 2.59. The Bertz CT molecular complexity index is 503. The number of hydrogen-bond acceptors (Lipinski definition) is 2. The van der Waals surface area contributed by atoms with Crippen LogP contribution in [0.1, 0.15) is 38.2 Å². The number of carbonyl (C=O) groups excluding carboxylic acids is 1. The third kappa shape index (κ3) is 1.88. The molecule has 3 nitrogen and oxygen atoms in total. The van der Waals surface area contributed by atoms with Crippen LogP contribution in [-0.2, 0) is 10.2 Å². The van der Waals surface area contributed by atoms with Crippen LogP contribution in [-0.4, -0.2) is 13.0 Å². The first kappa shape index (κ1) is 12.6. The van der Waals surface area contributed by atoms with Crippen molar-refractivity contribution in [2.24, 2.45) is 0 Å². The number of nitrogens with zero attached hydrogens (tertiary/aromatic N) is 2. The van der Waals surface area contributed by atoms with E-state index in [9.17, 15) is 4.79 Å². The summed E-state index contributed by atoms with van der Waals surface area (Å²) in [6.07, 6.45) is 3.17. The molecule has 2 rings (SSSR count). The van der Waals surface area contributed by atoms with Crippen molar-refractivity contribution in [3.05, 3.63) is 29.8 Å². The van der Waals surface area contributed by atoms with Gasteiger partial charge in [-0.25, -0.2) is 0 Å². The predicted octanol–water partition coefficient (Wildman–Crippen LogP) is 3.00. The van der Waals surface area contributed by atoms with E-state index in [1.54, 1.807) is 4.90 Å². The summed E-state index contributed by atoms with van der Waals surface area (Å²) in [5.74, 6) is 0.167. The maximum absolute atomic E-state index is 12.4. The number of anilines is 1. The van der Waals surface area contributed by atoms with Gasteiger partial charge in [-0.3, -0.25) is 4.79 Å².